The minimum atomic E-state index is -0.156. The van der Waals surface area contributed by atoms with E-state index in [1.54, 1.807) is 6.20 Å². The van der Waals surface area contributed by atoms with Crippen LogP contribution < -0.4 is 10.6 Å². The number of hydrogen-bond acceptors (Lipinski definition) is 4. The Balaban J connectivity index is 1.69. The Hall–Kier alpha value is -2.14. The van der Waals surface area contributed by atoms with Gasteiger partial charge in [0.2, 0.25) is 11.8 Å². The SMILES string of the molecule is Cc1cnc(CNC(=O)C2CNCc3ccccc32)o1. The largest absolute Gasteiger partial charge is 0.444 e. The summed E-state index contributed by atoms with van der Waals surface area (Å²) >= 11 is 0. The number of aryl methyl sites for hydroxylation is 1. The Morgan fingerprint density at radius 3 is 3.15 bits per heavy atom. The maximum absolute atomic E-state index is 12.3. The number of oxazole rings is 1. The molecule has 5 nitrogen and oxygen atoms in total. The van der Waals surface area contributed by atoms with Crippen LogP contribution in [-0.2, 0) is 17.9 Å². The fourth-order valence-corrected chi connectivity index (χ4v) is 2.50. The molecule has 0 radical (unpaired) electrons. The Bertz CT molecular complexity index is 621. The summed E-state index contributed by atoms with van der Waals surface area (Å²) in [7, 11) is 0. The molecule has 2 aromatic rings. The first kappa shape index (κ1) is 12.9. The van der Waals surface area contributed by atoms with Crippen LogP contribution in [0.4, 0.5) is 0 Å². The van der Waals surface area contributed by atoms with Gasteiger partial charge in [-0.2, -0.15) is 0 Å². The van der Waals surface area contributed by atoms with Crippen molar-refractivity contribution in [2.24, 2.45) is 0 Å². The molecule has 2 N–H and O–H groups in total. The lowest BCUT2D eigenvalue weighted by molar-refractivity contribution is -0.122. The summed E-state index contributed by atoms with van der Waals surface area (Å²) in [5.41, 5.74) is 2.29. The summed E-state index contributed by atoms with van der Waals surface area (Å²) in [5.74, 6) is 1.13. The second-order valence-electron chi connectivity index (χ2n) is 4.96. The van der Waals surface area contributed by atoms with E-state index in [0.29, 0.717) is 19.0 Å². The highest BCUT2D eigenvalue weighted by atomic mass is 16.4. The molecule has 2 heterocycles. The molecule has 0 bridgehead atoms. The third-order valence-electron chi connectivity index (χ3n) is 3.49. The Morgan fingerprint density at radius 2 is 2.35 bits per heavy atom. The van der Waals surface area contributed by atoms with Crippen molar-refractivity contribution in [1.82, 2.24) is 15.6 Å². The summed E-state index contributed by atoms with van der Waals surface area (Å²) in [5, 5.41) is 6.16. The van der Waals surface area contributed by atoms with E-state index in [0.717, 1.165) is 17.9 Å². The highest BCUT2D eigenvalue weighted by molar-refractivity contribution is 5.84. The quantitative estimate of drug-likeness (QED) is 0.887. The molecule has 104 valence electrons. The summed E-state index contributed by atoms with van der Waals surface area (Å²) in [4.78, 5) is 16.4. The van der Waals surface area contributed by atoms with Crippen molar-refractivity contribution in [1.29, 1.82) is 0 Å². The smallest absolute Gasteiger partial charge is 0.229 e. The van der Waals surface area contributed by atoms with E-state index in [2.05, 4.69) is 21.7 Å². The van der Waals surface area contributed by atoms with Gasteiger partial charge in [0.1, 0.15) is 5.76 Å². The molecule has 1 amide bonds. The first-order valence-electron chi connectivity index (χ1n) is 6.71. The van der Waals surface area contributed by atoms with Crippen LogP contribution >= 0.6 is 0 Å². The van der Waals surface area contributed by atoms with E-state index in [9.17, 15) is 4.79 Å². The Kier molecular flexibility index (Phi) is 3.52. The molecule has 0 saturated carbocycles. The van der Waals surface area contributed by atoms with E-state index in [1.165, 1.54) is 5.56 Å². The summed E-state index contributed by atoms with van der Waals surface area (Å²) in [6.45, 7) is 3.64. The van der Waals surface area contributed by atoms with Gasteiger partial charge in [-0.15, -0.1) is 0 Å². The number of carbonyl (C=O) groups excluding carboxylic acids is 1. The average Bonchev–Trinajstić information content (AvgIpc) is 2.90. The zero-order valence-electron chi connectivity index (χ0n) is 11.3. The number of rotatable bonds is 3. The topological polar surface area (TPSA) is 67.2 Å². The van der Waals surface area contributed by atoms with Crippen molar-refractivity contribution >= 4 is 5.91 Å². The zero-order valence-corrected chi connectivity index (χ0v) is 11.3. The van der Waals surface area contributed by atoms with Crippen molar-refractivity contribution in [2.45, 2.75) is 25.9 Å². The lowest BCUT2D eigenvalue weighted by Crippen LogP contribution is -2.38. The van der Waals surface area contributed by atoms with Crippen LogP contribution in [0.15, 0.2) is 34.9 Å². The van der Waals surface area contributed by atoms with Gasteiger partial charge in [0, 0.05) is 13.1 Å². The van der Waals surface area contributed by atoms with Crippen molar-refractivity contribution in [3.63, 3.8) is 0 Å². The second-order valence-corrected chi connectivity index (χ2v) is 4.96. The lowest BCUT2D eigenvalue weighted by Gasteiger charge is -2.25. The molecule has 0 fully saturated rings. The van der Waals surface area contributed by atoms with Gasteiger partial charge in [0.25, 0.3) is 0 Å². The van der Waals surface area contributed by atoms with Crippen molar-refractivity contribution in [3.8, 4) is 0 Å². The molecule has 0 saturated heterocycles. The molecule has 1 unspecified atom stereocenters. The van der Waals surface area contributed by atoms with Gasteiger partial charge in [-0.05, 0) is 18.1 Å². The summed E-state index contributed by atoms with van der Waals surface area (Å²) < 4.78 is 5.35. The van der Waals surface area contributed by atoms with Gasteiger partial charge < -0.3 is 15.1 Å². The predicted molar refractivity (Wildman–Crippen MR) is 74.0 cm³/mol. The van der Waals surface area contributed by atoms with Crippen LogP contribution in [-0.4, -0.2) is 17.4 Å². The second kappa shape index (κ2) is 5.46. The normalized spacial score (nSPS) is 17.6. The van der Waals surface area contributed by atoms with E-state index in [4.69, 9.17) is 4.42 Å². The molecule has 1 aliphatic rings. The minimum absolute atomic E-state index is 0.000466. The average molecular weight is 271 g/mol. The number of benzene rings is 1. The van der Waals surface area contributed by atoms with Gasteiger partial charge >= 0.3 is 0 Å². The lowest BCUT2D eigenvalue weighted by atomic mass is 9.90. The number of carbonyl (C=O) groups is 1. The minimum Gasteiger partial charge on any atom is -0.444 e. The van der Waals surface area contributed by atoms with Crippen LogP contribution in [0.2, 0.25) is 0 Å². The highest BCUT2D eigenvalue weighted by Crippen LogP contribution is 2.23. The van der Waals surface area contributed by atoms with E-state index < -0.39 is 0 Å². The fraction of sp³-hybridized carbons (Fsp3) is 0.333. The number of hydrogen-bond donors (Lipinski definition) is 2. The molecular formula is C15H17N3O2. The van der Waals surface area contributed by atoms with Gasteiger partial charge in [0.15, 0.2) is 0 Å². The number of fused-ring (bicyclic) bond motifs is 1. The van der Waals surface area contributed by atoms with Crippen molar-refractivity contribution in [2.75, 3.05) is 6.54 Å². The molecule has 1 aliphatic heterocycles. The van der Waals surface area contributed by atoms with Crippen LogP contribution in [0.25, 0.3) is 0 Å². The molecule has 3 rings (SSSR count). The van der Waals surface area contributed by atoms with E-state index >= 15 is 0 Å². The van der Waals surface area contributed by atoms with Gasteiger partial charge in [-0.1, -0.05) is 24.3 Å². The van der Waals surface area contributed by atoms with E-state index in [1.807, 2.05) is 25.1 Å². The first-order valence-corrected chi connectivity index (χ1v) is 6.71. The van der Waals surface area contributed by atoms with Gasteiger partial charge in [-0.3, -0.25) is 4.79 Å². The molecule has 1 aromatic carbocycles. The Morgan fingerprint density at radius 1 is 1.50 bits per heavy atom. The number of aromatic nitrogens is 1. The molecule has 0 aliphatic carbocycles. The third kappa shape index (κ3) is 2.58. The summed E-state index contributed by atoms with van der Waals surface area (Å²) in [6.07, 6.45) is 1.65. The molecule has 0 spiro atoms. The molecule has 20 heavy (non-hydrogen) atoms. The van der Waals surface area contributed by atoms with Crippen LogP contribution in [0, 0.1) is 6.92 Å². The molecule has 1 atom stereocenters. The van der Waals surface area contributed by atoms with Crippen LogP contribution in [0.1, 0.15) is 28.7 Å². The first-order chi connectivity index (χ1) is 9.74. The van der Waals surface area contributed by atoms with Gasteiger partial charge in [0.05, 0.1) is 18.7 Å². The zero-order chi connectivity index (χ0) is 13.9. The third-order valence-corrected chi connectivity index (χ3v) is 3.49. The number of nitrogens with zero attached hydrogens (tertiary/aromatic N) is 1. The number of nitrogens with one attached hydrogen (secondary N) is 2. The van der Waals surface area contributed by atoms with Crippen molar-refractivity contribution in [3.05, 3.63) is 53.2 Å². The molecule has 1 aromatic heterocycles. The Labute approximate surface area is 117 Å². The van der Waals surface area contributed by atoms with Crippen LogP contribution in [0.3, 0.4) is 0 Å². The maximum Gasteiger partial charge on any atom is 0.229 e. The highest BCUT2D eigenvalue weighted by Gasteiger charge is 2.25. The van der Waals surface area contributed by atoms with Gasteiger partial charge in [-0.25, -0.2) is 4.98 Å². The standard InChI is InChI=1S/C15H17N3O2/c1-10-6-17-14(20-10)9-18-15(19)13-8-16-7-11-4-2-3-5-12(11)13/h2-6,13,16H,7-9H2,1H3,(H,18,19). The maximum atomic E-state index is 12.3. The molecular weight excluding hydrogens is 254 g/mol. The van der Waals surface area contributed by atoms with Crippen molar-refractivity contribution < 1.29 is 9.21 Å². The summed E-state index contributed by atoms with van der Waals surface area (Å²) in [6, 6.07) is 8.05. The monoisotopic (exact) mass is 271 g/mol. The van der Waals surface area contributed by atoms with Crippen LogP contribution in [0.5, 0.6) is 0 Å². The number of amides is 1. The van der Waals surface area contributed by atoms with E-state index in [-0.39, 0.29) is 11.8 Å². The predicted octanol–water partition coefficient (Wildman–Crippen LogP) is 1.49. The molecule has 5 heteroatoms. The fourth-order valence-electron chi connectivity index (χ4n) is 2.50.